The van der Waals surface area contributed by atoms with Gasteiger partial charge in [-0.05, 0) is 40.0 Å². The summed E-state index contributed by atoms with van der Waals surface area (Å²) in [6.45, 7) is 8.13. The zero-order valence-corrected chi connectivity index (χ0v) is 11.6. The summed E-state index contributed by atoms with van der Waals surface area (Å²) in [6, 6.07) is 0. The third-order valence-corrected chi connectivity index (χ3v) is 3.42. The van der Waals surface area contributed by atoms with Gasteiger partial charge in [0.05, 0.1) is 5.56 Å². The molecule has 0 saturated heterocycles. The largest absolute Gasteiger partial charge is 0.471 e. The Balaban J connectivity index is 2.35. The highest BCUT2D eigenvalue weighted by Gasteiger charge is 2.29. The fourth-order valence-corrected chi connectivity index (χ4v) is 1.61. The summed E-state index contributed by atoms with van der Waals surface area (Å²) >= 11 is 0. The van der Waals surface area contributed by atoms with Crippen LogP contribution < -0.4 is 16.0 Å². The molecule has 1 heterocycles. The van der Waals surface area contributed by atoms with E-state index in [4.69, 9.17) is 10.6 Å². The molecule has 0 radical (unpaired) electrons. The van der Waals surface area contributed by atoms with E-state index in [0.29, 0.717) is 17.6 Å². The molecule has 1 aliphatic rings. The van der Waals surface area contributed by atoms with Crippen LogP contribution in [0.1, 0.15) is 57.3 Å². The van der Waals surface area contributed by atoms with Gasteiger partial charge in [0.1, 0.15) is 17.2 Å². The van der Waals surface area contributed by atoms with Crippen LogP contribution in [0.5, 0.6) is 5.88 Å². The molecule has 3 N–H and O–H groups in total. The Bertz CT molecular complexity index is 441. The molecule has 0 spiro atoms. The number of hydrogen-bond donors (Lipinski definition) is 2. The van der Waals surface area contributed by atoms with E-state index in [1.807, 2.05) is 6.92 Å². The number of ether oxygens (including phenoxy) is 1. The van der Waals surface area contributed by atoms with E-state index in [0.717, 1.165) is 30.7 Å². The van der Waals surface area contributed by atoms with Crippen molar-refractivity contribution >= 4 is 5.82 Å². The lowest BCUT2D eigenvalue weighted by Gasteiger charge is -2.25. The van der Waals surface area contributed by atoms with Crippen LogP contribution in [0.4, 0.5) is 5.82 Å². The fraction of sp³-hybridized carbons (Fsp3) is 0.692. The monoisotopic (exact) mass is 250 g/mol. The van der Waals surface area contributed by atoms with Crippen LogP contribution in [-0.2, 0) is 0 Å². The van der Waals surface area contributed by atoms with Gasteiger partial charge in [0.2, 0.25) is 5.88 Å². The second-order valence-electron chi connectivity index (χ2n) is 5.49. The minimum atomic E-state index is -0.230. The highest BCUT2D eigenvalue weighted by molar-refractivity contribution is 5.48. The molecule has 0 aliphatic heterocycles. The fourth-order valence-electron chi connectivity index (χ4n) is 1.61. The molecule has 0 atom stereocenters. The van der Waals surface area contributed by atoms with Gasteiger partial charge in [-0.15, -0.1) is 0 Å². The molecule has 100 valence electrons. The first kappa shape index (κ1) is 13.1. The zero-order valence-electron chi connectivity index (χ0n) is 11.6. The highest BCUT2D eigenvalue weighted by atomic mass is 16.5. The number of nitrogens with one attached hydrogen (secondary N) is 1. The maximum Gasteiger partial charge on any atom is 0.222 e. The second-order valence-corrected chi connectivity index (χ2v) is 5.49. The number of nitrogens with zero attached hydrogens (tertiary/aromatic N) is 2. The molecule has 1 aliphatic carbocycles. The van der Waals surface area contributed by atoms with Crippen molar-refractivity contribution in [3.63, 3.8) is 0 Å². The molecule has 0 amide bonds. The quantitative estimate of drug-likeness (QED) is 0.620. The standard InChI is InChI=1S/C13H22N4O/c1-5-13(3,4)18-12-8(2)10(17-14)15-11(16-12)9-6-7-9/h9H,5-7,14H2,1-4H3,(H,15,16,17). The molecule has 0 bridgehead atoms. The number of nitrogens with two attached hydrogens (primary N) is 1. The van der Waals surface area contributed by atoms with Gasteiger partial charge in [0.25, 0.3) is 0 Å². The summed E-state index contributed by atoms with van der Waals surface area (Å²) in [7, 11) is 0. The van der Waals surface area contributed by atoms with E-state index < -0.39 is 0 Å². The third-order valence-electron chi connectivity index (χ3n) is 3.42. The number of aromatic nitrogens is 2. The van der Waals surface area contributed by atoms with Crippen LogP contribution >= 0.6 is 0 Å². The first-order valence-electron chi connectivity index (χ1n) is 6.51. The number of rotatable bonds is 5. The van der Waals surface area contributed by atoms with Gasteiger partial charge in [-0.1, -0.05) is 6.92 Å². The van der Waals surface area contributed by atoms with Crippen molar-refractivity contribution in [1.82, 2.24) is 9.97 Å². The maximum absolute atomic E-state index is 6.00. The van der Waals surface area contributed by atoms with E-state index >= 15 is 0 Å². The number of nitrogen functional groups attached to an aromatic ring is 1. The van der Waals surface area contributed by atoms with Gasteiger partial charge in [-0.25, -0.2) is 10.8 Å². The second kappa shape index (κ2) is 4.72. The van der Waals surface area contributed by atoms with Crippen LogP contribution in [0.15, 0.2) is 0 Å². The number of hydrazine groups is 1. The maximum atomic E-state index is 6.00. The Hall–Kier alpha value is -1.36. The molecule has 18 heavy (non-hydrogen) atoms. The SMILES string of the molecule is CCC(C)(C)Oc1nc(C2CC2)nc(NN)c1C. The lowest BCUT2D eigenvalue weighted by molar-refractivity contribution is 0.0975. The Morgan fingerprint density at radius 1 is 1.39 bits per heavy atom. The predicted molar refractivity (Wildman–Crippen MR) is 71.6 cm³/mol. The lowest BCUT2D eigenvalue weighted by atomic mass is 10.1. The average molecular weight is 250 g/mol. The zero-order chi connectivity index (χ0) is 13.3. The van der Waals surface area contributed by atoms with Crippen LogP contribution in [0.3, 0.4) is 0 Å². The van der Waals surface area contributed by atoms with E-state index in [2.05, 4.69) is 36.2 Å². The Labute approximate surface area is 108 Å². The van der Waals surface area contributed by atoms with Gasteiger partial charge in [-0.2, -0.15) is 4.98 Å². The van der Waals surface area contributed by atoms with Crippen LogP contribution in [0.25, 0.3) is 0 Å². The summed E-state index contributed by atoms with van der Waals surface area (Å²) < 4.78 is 6.00. The smallest absolute Gasteiger partial charge is 0.222 e. The number of hydrogen-bond acceptors (Lipinski definition) is 5. The van der Waals surface area contributed by atoms with Crippen molar-refractivity contribution in [2.45, 2.75) is 58.5 Å². The molecule has 1 saturated carbocycles. The number of anilines is 1. The molecular weight excluding hydrogens is 228 g/mol. The minimum Gasteiger partial charge on any atom is -0.471 e. The summed E-state index contributed by atoms with van der Waals surface area (Å²) in [5.74, 6) is 8.14. The molecule has 5 nitrogen and oxygen atoms in total. The van der Waals surface area contributed by atoms with Gasteiger partial charge >= 0.3 is 0 Å². The van der Waals surface area contributed by atoms with Gasteiger partial charge in [0, 0.05) is 5.92 Å². The minimum absolute atomic E-state index is 0.230. The summed E-state index contributed by atoms with van der Waals surface area (Å²) in [5, 5.41) is 0. The molecule has 0 unspecified atom stereocenters. The molecule has 1 fully saturated rings. The van der Waals surface area contributed by atoms with E-state index in [1.165, 1.54) is 0 Å². The van der Waals surface area contributed by atoms with E-state index in [9.17, 15) is 0 Å². The normalized spacial score (nSPS) is 15.6. The van der Waals surface area contributed by atoms with Gasteiger partial charge in [0.15, 0.2) is 0 Å². The van der Waals surface area contributed by atoms with Crippen LogP contribution in [-0.4, -0.2) is 15.6 Å². The Kier molecular flexibility index (Phi) is 3.43. The third kappa shape index (κ3) is 2.72. The van der Waals surface area contributed by atoms with Crippen molar-refractivity contribution in [3.8, 4) is 5.88 Å². The molecule has 2 rings (SSSR count). The molecular formula is C13H22N4O. The van der Waals surface area contributed by atoms with Crippen molar-refractivity contribution in [1.29, 1.82) is 0 Å². The molecule has 5 heteroatoms. The van der Waals surface area contributed by atoms with Crippen molar-refractivity contribution in [3.05, 3.63) is 11.4 Å². The Morgan fingerprint density at radius 3 is 2.56 bits per heavy atom. The van der Waals surface area contributed by atoms with Crippen molar-refractivity contribution < 1.29 is 4.74 Å². The lowest BCUT2D eigenvalue weighted by Crippen LogP contribution is -2.28. The predicted octanol–water partition coefficient (Wildman–Crippen LogP) is 2.52. The van der Waals surface area contributed by atoms with E-state index in [1.54, 1.807) is 0 Å². The summed E-state index contributed by atoms with van der Waals surface area (Å²) in [4.78, 5) is 8.99. The Morgan fingerprint density at radius 2 is 2.06 bits per heavy atom. The average Bonchev–Trinajstić information content (AvgIpc) is 3.15. The first-order valence-corrected chi connectivity index (χ1v) is 6.51. The molecule has 1 aromatic rings. The molecule has 0 aromatic carbocycles. The summed E-state index contributed by atoms with van der Waals surface area (Å²) in [6.07, 6.45) is 3.23. The molecule has 1 aromatic heterocycles. The summed E-state index contributed by atoms with van der Waals surface area (Å²) in [5.41, 5.74) is 3.27. The van der Waals surface area contributed by atoms with E-state index in [-0.39, 0.29) is 5.60 Å². The van der Waals surface area contributed by atoms with Crippen LogP contribution in [0.2, 0.25) is 0 Å². The van der Waals surface area contributed by atoms with Gasteiger partial charge < -0.3 is 10.2 Å². The topological polar surface area (TPSA) is 73.1 Å². The van der Waals surface area contributed by atoms with Crippen molar-refractivity contribution in [2.75, 3.05) is 5.43 Å². The van der Waals surface area contributed by atoms with Crippen molar-refractivity contribution in [2.24, 2.45) is 5.84 Å². The first-order chi connectivity index (χ1) is 8.46. The highest BCUT2D eigenvalue weighted by Crippen LogP contribution is 2.40. The van der Waals surface area contributed by atoms with Gasteiger partial charge in [-0.3, -0.25) is 0 Å². The van der Waals surface area contributed by atoms with Crippen LogP contribution in [0, 0.1) is 6.92 Å².